The lowest BCUT2D eigenvalue weighted by Gasteiger charge is -2.07. The van der Waals surface area contributed by atoms with Crippen LogP contribution >= 0.6 is 0 Å². The number of carbonyl (C=O) groups excluding carboxylic acids is 1. The normalized spacial score (nSPS) is 15.7. The Bertz CT molecular complexity index is 405. The second-order valence-corrected chi connectivity index (χ2v) is 4.06. The van der Waals surface area contributed by atoms with Crippen LogP contribution in [0, 0.1) is 0 Å². The van der Waals surface area contributed by atoms with Crippen molar-refractivity contribution in [2.75, 3.05) is 0 Å². The average molecular weight is 244 g/mol. The number of carbonyl (C=O) groups is 1. The summed E-state index contributed by atoms with van der Waals surface area (Å²) in [7, 11) is 0. The molecule has 0 aliphatic heterocycles. The van der Waals surface area contributed by atoms with Crippen molar-refractivity contribution in [3.8, 4) is 5.75 Å². The molecule has 0 N–H and O–H groups in total. The summed E-state index contributed by atoms with van der Waals surface area (Å²) in [6.07, 6.45) is -3.63. The smallest absolute Gasteiger partial charge is 0.396 e. The van der Waals surface area contributed by atoms with E-state index in [1.807, 2.05) is 0 Å². The van der Waals surface area contributed by atoms with E-state index in [0.29, 0.717) is 5.75 Å². The Labute approximate surface area is 96.4 Å². The molecule has 1 saturated carbocycles. The highest BCUT2D eigenvalue weighted by Gasteiger charge is 2.31. The van der Waals surface area contributed by atoms with Crippen LogP contribution in [0.2, 0.25) is 0 Å². The van der Waals surface area contributed by atoms with Crippen LogP contribution in [0.1, 0.15) is 29.6 Å². The molecule has 1 aliphatic rings. The highest BCUT2D eigenvalue weighted by molar-refractivity contribution is 5.96. The zero-order chi connectivity index (χ0) is 12.5. The van der Waals surface area contributed by atoms with Crippen LogP contribution in [0.4, 0.5) is 13.2 Å². The Hall–Kier alpha value is -1.52. The Balaban J connectivity index is 1.98. The summed E-state index contributed by atoms with van der Waals surface area (Å²) < 4.78 is 41.4. The molecular formula is C12H11F3O2. The van der Waals surface area contributed by atoms with Gasteiger partial charge in [0.2, 0.25) is 0 Å². The third kappa shape index (κ3) is 3.76. The molecular weight excluding hydrogens is 233 g/mol. The first-order valence-electron chi connectivity index (χ1n) is 5.31. The molecule has 0 aromatic heterocycles. The van der Waals surface area contributed by atoms with E-state index in [1.165, 1.54) is 24.3 Å². The summed E-state index contributed by atoms with van der Waals surface area (Å²) in [5.41, 5.74) is 0.0606. The van der Waals surface area contributed by atoms with Gasteiger partial charge in [-0.1, -0.05) is 0 Å². The predicted octanol–water partition coefficient (Wildman–Crippen LogP) is 3.36. The van der Waals surface area contributed by atoms with Gasteiger partial charge >= 0.3 is 6.18 Å². The van der Waals surface area contributed by atoms with Crippen molar-refractivity contribution in [3.63, 3.8) is 0 Å². The number of rotatable bonds is 4. The summed E-state index contributed by atoms with van der Waals surface area (Å²) in [6.45, 7) is 0. The number of benzene rings is 1. The second-order valence-electron chi connectivity index (χ2n) is 4.06. The van der Waals surface area contributed by atoms with Gasteiger partial charge in [-0.25, -0.2) is 0 Å². The van der Waals surface area contributed by atoms with Crippen LogP contribution in [0.5, 0.6) is 5.75 Å². The zero-order valence-electron chi connectivity index (χ0n) is 8.96. The third-order valence-electron chi connectivity index (χ3n) is 2.36. The fourth-order valence-corrected chi connectivity index (χ4v) is 1.38. The van der Waals surface area contributed by atoms with Crippen molar-refractivity contribution in [3.05, 3.63) is 29.8 Å². The SMILES string of the molecule is O=C(CC(F)(F)F)c1ccc(OC2CC2)cc1. The van der Waals surface area contributed by atoms with Crippen molar-refractivity contribution < 1.29 is 22.7 Å². The lowest BCUT2D eigenvalue weighted by Crippen LogP contribution is -2.14. The first-order chi connectivity index (χ1) is 7.94. The third-order valence-corrected chi connectivity index (χ3v) is 2.36. The Morgan fingerprint density at radius 1 is 1.24 bits per heavy atom. The van der Waals surface area contributed by atoms with Crippen LogP contribution in [-0.2, 0) is 0 Å². The maximum Gasteiger partial charge on any atom is 0.396 e. The Morgan fingerprint density at radius 2 is 1.82 bits per heavy atom. The van der Waals surface area contributed by atoms with Crippen molar-refractivity contribution >= 4 is 5.78 Å². The van der Waals surface area contributed by atoms with Gasteiger partial charge in [0.15, 0.2) is 5.78 Å². The highest BCUT2D eigenvalue weighted by Crippen LogP contribution is 2.27. The van der Waals surface area contributed by atoms with E-state index in [4.69, 9.17) is 4.74 Å². The molecule has 2 rings (SSSR count). The van der Waals surface area contributed by atoms with Crippen molar-refractivity contribution in [1.82, 2.24) is 0 Å². The summed E-state index contributed by atoms with van der Waals surface area (Å²) in [6, 6.07) is 5.79. The van der Waals surface area contributed by atoms with Gasteiger partial charge in [0.1, 0.15) is 12.2 Å². The van der Waals surface area contributed by atoms with E-state index >= 15 is 0 Å². The zero-order valence-corrected chi connectivity index (χ0v) is 8.96. The number of alkyl halides is 3. The predicted molar refractivity (Wildman–Crippen MR) is 55.1 cm³/mol. The molecule has 5 heteroatoms. The van der Waals surface area contributed by atoms with Crippen molar-refractivity contribution in [1.29, 1.82) is 0 Å². The first-order valence-corrected chi connectivity index (χ1v) is 5.31. The molecule has 1 aromatic rings. The van der Waals surface area contributed by atoms with Crippen LogP contribution in [0.3, 0.4) is 0 Å². The summed E-state index contributed by atoms with van der Waals surface area (Å²) in [5.74, 6) is -0.327. The largest absolute Gasteiger partial charge is 0.490 e. The lowest BCUT2D eigenvalue weighted by atomic mass is 10.1. The van der Waals surface area contributed by atoms with E-state index in [0.717, 1.165) is 12.8 Å². The van der Waals surface area contributed by atoms with Gasteiger partial charge in [0.05, 0.1) is 6.10 Å². The summed E-state index contributed by atoms with van der Waals surface area (Å²) >= 11 is 0. The van der Waals surface area contributed by atoms with Gasteiger partial charge in [-0.2, -0.15) is 13.2 Å². The molecule has 0 atom stereocenters. The fraction of sp³-hybridized carbons (Fsp3) is 0.417. The summed E-state index contributed by atoms with van der Waals surface area (Å²) in [4.78, 5) is 11.2. The fourth-order valence-electron chi connectivity index (χ4n) is 1.38. The van der Waals surface area contributed by atoms with Gasteiger partial charge in [-0.05, 0) is 37.1 Å². The van der Waals surface area contributed by atoms with Crippen LogP contribution in [-0.4, -0.2) is 18.1 Å². The molecule has 0 heterocycles. The number of hydrogen-bond donors (Lipinski definition) is 0. The van der Waals surface area contributed by atoms with Gasteiger partial charge in [0, 0.05) is 5.56 Å². The minimum Gasteiger partial charge on any atom is -0.490 e. The van der Waals surface area contributed by atoms with Gasteiger partial charge < -0.3 is 4.74 Å². The molecule has 17 heavy (non-hydrogen) atoms. The molecule has 92 valence electrons. The van der Waals surface area contributed by atoms with E-state index in [-0.39, 0.29) is 11.7 Å². The van der Waals surface area contributed by atoms with Crippen LogP contribution in [0.15, 0.2) is 24.3 Å². The quantitative estimate of drug-likeness (QED) is 0.759. The molecule has 1 aromatic carbocycles. The molecule has 0 saturated heterocycles. The number of ether oxygens (including phenoxy) is 1. The minimum atomic E-state index is -4.46. The van der Waals surface area contributed by atoms with Gasteiger partial charge in [-0.15, -0.1) is 0 Å². The molecule has 1 aliphatic carbocycles. The second kappa shape index (κ2) is 4.39. The molecule has 0 spiro atoms. The number of Topliss-reactive ketones (excluding diaryl/α,β-unsaturated/α-hetero) is 1. The van der Waals surface area contributed by atoms with E-state index in [9.17, 15) is 18.0 Å². The minimum absolute atomic E-state index is 0.0606. The molecule has 2 nitrogen and oxygen atoms in total. The maximum atomic E-state index is 12.0. The van der Waals surface area contributed by atoms with Crippen molar-refractivity contribution in [2.24, 2.45) is 0 Å². The maximum absolute atomic E-state index is 12.0. The monoisotopic (exact) mass is 244 g/mol. The standard InChI is InChI=1S/C12H11F3O2/c13-12(14,15)7-11(16)8-1-3-9(4-2-8)17-10-5-6-10/h1-4,10H,5-7H2. The Kier molecular flexibility index (Phi) is 3.09. The topological polar surface area (TPSA) is 26.3 Å². The number of ketones is 1. The summed E-state index contributed by atoms with van der Waals surface area (Å²) in [5, 5.41) is 0. The van der Waals surface area contributed by atoms with Crippen molar-refractivity contribution in [2.45, 2.75) is 31.5 Å². The average Bonchev–Trinajstić information content (AvgIpc) is 3.00. The lowest BCUT2D eigenvalue weighted by molar-refractivity contribution is -0.125. The first kappa shape index (κ1) is 12.0. The van der Waals surface area contributed by atoms with Gasteiger partial charge in [0.25, 0.3) is 0 Å². The molecule has 0 bridgehead atoms. The van der Waals surface area contributed by atoms with Gasteiger partial charge in [-0.3, -0.25) is 4.79 Å². The highest BCUT2D eigenvalue weighted by atomic mass is 19.4. The van der Waals surface area contributed by atoms with E-state index in [2.05, 4.69) is 0 Å². The molecule has 1 fully saturated rings. The van der Waals surface area contributed by atoms with E-state index < -0.39 is 18.4 Å². The Morgan fingerprint density at radius 3 is 2.29 bits per heavy atom. The molecule has 0 unspecified atom stereocenters. The van der Waals surface area contributed by atoms with E-state index in [1.54, 1.807) is 0 Å². The number of hydrogen-bond acceptors (Lipinski definition) is 2. The van der Waals surface area contributed by atoms with Crippen LogP contribution < -0.4 is 4.74 Å². The van der Waals surface area contributed by atoms with Crippen LogP contribution in [0.25, 0.3) is 0 Å². The molecule has 0 radical (unpaired) electrons. The number of halogens is 3. The molecule has 0 amide bonds.